The lowest BCUT2D eigenvalue weighted by atomic mass is 10.1. The van der Waals surface area contributed by atoms with Gasteiger partial charge < -0.3 is 14.6 Å². The number of benzene rings is 1. The van der Waals surface area contributed by atoms with Crippen LogP contribution >= 0.6 is 0 Å². The van der Waals surface area contributed by atoms with Gasteiger partial charge in [-0.05, 0) is 30.5 Å². The summed E-state index contributed by atoms with van der Waals surface area (Å²) in [5.41, 5.74) is 3.48. The van der Waals surface area contributed by atoms with Crippen LogP contribution in [0, 0.1) is 0 Å². The minimum atomic E-state index is 0.814. The quantitative estimate of drug-likeness (QED) is 0.664. The van der Waals surface area contributed by atoms with Gasteiger partial charge in [-0.2, -0.15) is 0 Å². The molecule has 0 spiro atoms. The molecule has 4 rings (SSSR count). The summed E-state index contributed by atoms with van der Waals surface area (Å²) in [5.74, 6) is 2.20. The average Bonchev–Trinajstić information content (AvgIpc) is 2.87. The Bertz CT molecular complexity index is 861. The van der Waals surface area contributed by atoms with Gasteiger partial charge in [0, 0.05) is 49.7 Å². The van der Waals surface area contributed by atoms with Gasteiger partial charge in [-0.15, -0.1) is 0 Å². The van der Waals surface area contributed by atoms with E-state index in [1.165, 1.54) is 42.2 Å². The molecular weight excluding hydrogens is 334 g/mol. The van der Waals surface area contributed by atoms with E-state index in [9.17, 15) is 0 Å². The molecule has 27 heavy (non-hydrogen) atoms. The SMILES string of the molecule is CCc1oc2ccccc2c1CNCc1ccc(N2CCCCCC2)nc1. The van der Waals surface area contributed by atoms with Crippen LogP contribution in [0.1, 0.15) is 49.5 Å². The van der Waals surface area contributed by atoms with Crippen LogP contribution in [0.3, 0.4) is 0 Å². The van der Waals surface area contributed by atoms with Crippen LogP contribution in [-0.2, 0) is 19.5 Å². The molecule has 2 aromatic heterocycles. The van der Waals surface area contributed by atoms with Crippen LogP contribution in [0.5, 0.6) is 0 Å². The van der Waals surface area contributed by atoms with Gasteiger partial charge in [0.25, 0.3) is 0 Å². The number of nitrogens with zero attached hydrogens (tertiary/aromatic N) is 2. The number of pyridine rings is 1. The van der Waals surface area contributed by atoms with Gasteiger partial charge in [-0.3, -0.25) is 0 Å². The van der Waals surface area contributed by atoms with Gasteiger partial charge in [-0.1, -0.05) is 44.0 Å². The fourth-order valence-electron chi connectivity index (χ4n) is 3.97. The molecule has 1 aliphatic rings. The standard InChI is InChI=1S/C23H29N3O/c1-2-21-20(19-9-5-6-10-22(19)27-21)17-24-15-18-11-12-23(25-16-18)26-13-7-3-4-8-14-26/h5-6,9-12,16,24H,2-4,7-8,13-15,17H2,1H3. The van der Waals surface area contributed by atoms with Crippen LogP contribution < -0.4 is 10.2 Å². The van der Waals surface area contributed by atoms with E-state index in [1.54, 1.807) is 0 Å². The molecular formula is C23H29N3O. The van der Waals surface area contributed by atoms with E-state index in [4.69, 9.17) is 9.40 Å². The first-order valence-corrected chi connectivity index (χ1v) is 10.2. The van der Waals surface area contributed by atoms with Crippen molar-refractivity contribution in [2.45, 2.75) is 52.1 Å². The molecule has 0 amide bonds. The largest absolute Gasteiger partial charge is 0.461 e. The molecule has 1 N–H and O–H groups in total. The smallest absolute Gasteiger partial charge is 0.134 e. The zero-order chi connectivity index (χ0) is 18.5. The third kappa shape index (κ3) is 4.16. The normalized spacial score (nSPS) is 15.2. The molecule has 3 heterocycles. The molecule has 0 aliphatic carbocycles. The van der Waals surface area contributed by atoms with Gasteiger partial charge >= 0.3 is 0 Å². The maximum absolute atomic E-state index is 5.99. The van der Waals surface area contributed by atoms with Crippen molar-refractivity contribution in [2.24, 2.45) is 0 Å². The zero-order valence-corrected chi connectivity index (χ0v) is 16.2. The molecule has 4 heteroatoms. The molecule has 4 nitrogen and oxygen atoms in total. The van der Waals surface area contributed by atoms with Crippen molar-refractivity contribution in [3.8, 4) is 0 Å². The number of aryl methyl sites for hydroxylation is 1. The van der Waals surface area contributed by atoms with Crippen molar-refractivity contribution in [1.82, 2.24) is 10.3 Å². The molecule has 0 unspecified atom stereocenters. The Kier molecular flexibility index (Phi) is 5.73. The topological polar surface area (TPSA) is 41.3 Å². The minimum absolute atomic E-state index is 0.814. The second-order valence-corrected chi connectivity index (χ2v) is 7.38. The monoisotopic (exact) mass is 363 g/mol. The number of hydrogen-bond donors (Lipinski definition) is 1. The molecule has 0 bridgehead atoms. The van der Waals surface area contributed by atoms with Gasteiger partial charge in [0.15, 0.2) is 0 Å². The highest BCUT2D eigenvalue weighted by Gasteiger charge is 2.13. The highest BCUT2D eigenvalue weighted by Crippen LogP contribution is 2.26. The van der Waals surface area contributed by atoms with Gasteiger partial charge in [-0.25, -0.2) is 4.98 Å². The Balaban J connectivity index is 1.38. The van der Waals surface area contributed by atoms with Crippen molar-refractivity contribution >= 4 is 16.8 Å². The number of para-hydroxylation sites is 1. The number of rotatable bonds is 6. The lowest BCUT2D eigenvalue weighted by Crippen LogP contribution is -2.24. The number of hydrogen-bond acceptors (Lipinski definition) is 4. The van der Waals surface area contributed by atoms with Gasteiger partial charge in [0.1, 0.15) is 17.2 Å². The summed E-state index contributed by atoms with van der Waals surface area (Å²) in [5, 5.41) is 4.79. The lowest BCUT2D eigenvalue weighted by Gasteiger charge is -2.21. The van der Waals surface area contributed by atoms with Gasteiger partial charge in [0.05, 0.1) is 0 Å². The minimum Gasteiger partial charge on any atom is -0.461 e. The van der Waals surface area contributed by atoms with Crippen molar-refractivity contribution < 1.29 is 4.42 Å². The summed E-state index contributed by atoms with van der Waals surface area (Å²) < 4.78 is 5.99. The van der Waals surface area contributed by atoms with E-state index < -0.39 is 0 Å². The molecule has 142 valence electrons. The number of fused-ring (bicyclic) bond motifs is 1. The highest BCUT2D eigenvalue weighted by atomic mass is 16.3. The molecule has 0 atom stereocenters. The van der Waals surface area contributed by atoms with Crippen molar-refractivity contribution in [3.63, 3.8) is 0 Å². The van der Waals surface area contributed by atoms with Crippen LogP contribution in [-0.4, -0.2) is 18.1 Å². The molecule has 0 radical (unpaired) electrons. The molecule has 1 aromatic carbocycles. The molecule has 3 aromatic rings. The molecule has 1 saturated heterocycles. The Morgan fingerprint density at radius 1 is 1.00 bits per heavy atom. The van der Waals surface area contributed by atoms with Crippen molar-refractivity contribution in [1.29, 1.82) is 0 Å². The maximum atomic E-state index is 5.99. The molecule has 1 fully saturated rings. The fraction of sp³-hybridized carbons (Fsp3) is 0.435. The number of aromatic nitrogens is 1. The van der Waals surface area contributed by atoms with Gasteiger partial charge in [0.2, 0.25) is 0 Å². The average molecular weight is 364 g/mol. The molecule has 1 aliphatic heterocycles. The summed E-state index contributed by atoms with van der Waals surface area (Å²) in [6.45, 7) is 6.05. The first-order valence-electron chi connectivity index (χ1n) is 10.2. The second kappa shape index (κ2) is 8.57. The highest BCUT2D eigenvalue weighted by molar-refractivity contribution is 5.82. The maximum Gasteiger partial charge on any atom is 0.134 e. The Morgan fingerprint density at radius 3 is 2.56 bits per heavy atom. The van der Waals surface area contributed by atoms with E-state index in [-0.39, 0.29) is 0 Å². The van der Waals surface area contributed by atoms with Crippen LogP contribution in [0.25, 0.3) is 11.0 Å². The predicted octanol–water partition coefficient (Wildman–Crippen LogP) is 5.06. The van der Waals surface area contributed by atoms with Crippen LogP contribution in [0.4, 0.5) is 5.82 Å². The Hall–Kier alpha value is -2.33. The Morgan fingerprint density at radius 2 is 1.81 bits per heavy atom. The first-order chi connectivity index (χ1) is 13.3. The zero-order valence-electron chi connectivity index (χ0n) is 16.2. The predicted molar refractivity (Wildman–Crippen MR) is 111 cm³/mol. The second-order valence-electron chi connectivity index (χ2n) is 7.38. The third-order valence-electron chi connectivity index (χ3n) is 5.47. The van der Waals surface area contributed by atoms with Crippen molar-refractivity contribution in [3.05, 3.63) is 59.5 Å². The van der Waals surface area contributed by atoms with E-state index in [1.807, 2.05) is 18.3 Å². The number of furan rings is 1. The van der Waals surface area contributed by atoms with E-state index in [2.05, 4.69) is 41.4 Å². The summed E-state index contributed by atoms with van der Waals surface area (Å²) in [6, 6.07) is 12.7. The summed E-state index contributed by atoms with van der Waals surface area (Å²) in [4.78, 5) is 7.14. The summed E-state index contributed by atoms with van der Waals surface area (Å²) >= 11 is 0. The summed E-state index contributed by atoms with van der Waals surface area (Å²) in [6.07, 6.45) is 8.19. The molecule has 0 saturated carbocycles. The van der Waals surface area contributed by atoms with Crippen LogP contribution in [0.15, 0.2) is 47.0 Å². The van der Waals surface area contributed by atoms with E-state index in [0.29, 0.717) is 0 Å². The first kappa shape index (κ1) is 18.1. The lowest BCUT2D eigenvalue weighted by molar-refractivity contribution is 0.544. The Labute approximate surface area is 161 Å². The third-order valence-corrected chi connectivity index (χ3v) is 5.47. The number of nitrogens with one attached hydrogen (secondary N) is 1. The number of anilines is 1. The van der Waals surface area contributed by atoms with Crippen molar-refractivity contribution in [2.75, 3.05) is 18.0 Å². The van der Waals surface area contributed by atoms with E-state index >= 15 is 0 Å². The summed E-state index contributed by atoms with van der Waals surface area (Å²) in [7, 11) is 0. The van der Waals surface area contributed by atoms with Crippen LogP contribution in [0.2, 0.25) is 0 Å². The fourth-order valence-corrected chi connectivity index (χ4v) is 3.97. The van der Waals surface area contributed by atoms with E-state index in [0.717, 1.165) is 49.8 Å².